The number of aromatic amines is 1. The molecule has 6 rings (SSSR count). The number of azo groups is 1. The topological polar surface area (TPSA) is 71.2 Å². The van der Waals surface area contributed by atoms with Crippen LogP contribution in [0.2, 0.25) is 0 Å². The van der Waals surface area contributed by atoms with Crippen LogP contribution in [0.25, 0.3) is 22.2 Å². The summed E-state index contributed by atoms with van der Waals surface area (Å²) in [7, 11) is 0. The molecular formula is C24H17FN6. The summed E-state index contributed by atoms with van der Waals surface area (Å²) in [6.45, 7) is 0.492. The van der Waals surface area contributed by atoms with E-state index in [0.717, 1.165) is 44.5 Å². The molecule has 31 heavy (non-hydrogen) atoms. The van der Waals surface area contributed by atoms with Crippen molar-refractivity contribution in [2.75, 3.05) is 0 Å². The molecule has 0 aliphatic carbocycles. The molecule has 1 atom stereocenters. The summed E-state index contributed by atoms with van der Waals surface area (Å²) in [5.74, 6) is -0.246. The van der Waals surface area contributed by atoms with E-state index in [1.165, 1.54) is 12.1 Å². The minimum atomic E-state index is -0.246. The molecule has 1 N–H and O–H groups in total. The molecule has 1 aliphatic heterocycles. The second-order valence-corrected chi connectivity index (χ2v) is 7.61. The number of hydrogen-bond acceptors (Lipinski definition) is 4. The number of fused-ring (bicyclic) bond motifs is 2. The Morgan fingerprint density at radius 3 is 2.90 bits per heavy atom. The SMILES string of the molecule is Fc1cccc(Cn2nccc2-c2ccc3c(c2)C(c2ccc4cn[nH]c4c2)N=N3)c1. The Hall–Kier alpha value is -4.13. The minimum Gasteiger partial charge on any atom is -0.278 e. The number of benzene rings is 3. The van der Waals surface area contributed by atoms with E-state index in [1.807, 2.05) is 35.0 Å². The first kappa shape index (κ1) is 17.7. The zero-order valence-electron chi connectivity index (χ0n) is 16.4. The Kier molecular flexibility index (Phi) is 3.99. The van der Waals surface area contributed by atoms with Gasteiger partial charge in [0.05, 0.1) is 29.6 Å². The van der Waals surface area contributed by atoms with E-state index in [4.69, 9.17) is 0 Å². The van der Waals surface area contributed by atoms with Gasteiger partial charge in [-0.25, -0.2) is 4.39 Å². The van der Waals surface area contributed by atoms with Gasteiger partial charge in [-0.3, -0.25) is 9.78 Å². The van der Waals surface area contributed by atoms with Crippen molar-refractivity contribution >= 4 is 16.6 Å². The lowest BCUT2D eigenvalue weighted by molar-refractivity contribution is 0.620. The zero-order valence-corrected chi connectivity index (χ0v) is 16.4. The Labute approximate surface area is 177 Å². The highest BCUT2D eigenvalue weighted by Gasteiger charge is 2.24. The van der Waals surface area contributed by atoms with Crippen molar-refractivity contribution in [2.24, 2.45) is 10.2 Å². The molecule has 0 radical (unpaired) electrons. The van der Waals surface area contributed by atoms with E-state index in [1.54, 1.807) is 18.5 Å². The lowest BCUT2D eigenvalue weighted by Gasteiger charge is -2.12. The molecule has 2 aromatic heterocycles. The first-order valence-electron chi connectivity index (χ1n) is 9.99. The minimum absolute atomic E-state index is 0.165. The number of halogens is 1. The van der Waals surface area contributed by atoms with Crippen LogP contribution in [0.3, 0.4) is 0 Å². The Morgan fingerprint density at radius 1 is 1.00 bits per heavy atom. The van der Waals surface area contributed by atoms with E-state index in [0.29, 0.717) is 6.54 Å². The maximum atomic E-state index is 13.6. The molecule has 0 spiro atoms. The van der Waals surface area contributed by atoms with Crippen LogP contribution >= 0.6 is 0 Å². The summed E-state index contributed by atoms with van der Waals surface area (Å²) >= 11 is 0. The Bertz CT molecular complexity index is 1450. The first-order valence-corrected chi connectivity index (χ1v) is 9.99. The van der Waals surface area contributed by atoms with E-state index in [2.05, 4.69) is 43.7 Å². The van der Waals surface area contributed by atoms with Crippen molar-refractivity contribution in [3.05, 3.63) is 102 Å². The lowest BCUT2D eigenvalue weighted by Crippen LogP contribution is -2.04. The van der Waals surface area contributed by atoms with Gasteiger partial charge in [-0.1, -0.05) is 30.3 Å². The van der Waals surface area contributed by atoms with Crippen LogP contribution in [0, 0.1) is 5.82 Å². The summed E-state index contributed by atoms with van der Waals surface area (Å²) in [6, 6.07) is 20.7. The van der Waals surface area contributed by atoms with Crippen LogP contribution in [0.1, 0.15) is 22.7 Å². The summed E-state index contributed by atoms with van der Waals surface area (Å²) in [5, 5.41) is 21.5. The van der Waals surface area contributed by atoms with E-state index in [-0.39, 0.29) is 11.9 Å². The molecule has 0 saturated heterocycles. The van der Waals surface area contributed by atoms with Gasteiger partial charge in [0, 0.05) is 22.7 Å². The number of nitrogens with zero attached hydrogens (tertiary/aromatic N) is 5. The highest BCUT2D eigenvalue weighted by Crippen LogP contribution is 2.42. The van der Waals surface area contributed by atoms with Gasteiger partial charge in [0.25, 0.3) is 0 Å². The van der Waals surface area contributed by atoms with Crippen molar-refractivity contribution in [2.45, 2.75) is 12.6 Å². The van der Waals surface area contributed by atoms with Crippen LogP contribution in [-0.4, -0.2) is 20.0 Å². The van der Waals surface area contributed by atoms with Crippen LogP contribution in [0.4, 0.5) is 10.1 Å². The number of H-pyrrole nitrogens is 1. The van der Waals surface area contributed by atoms with Gasteiger partial charge >= 0.3 is 0 Å². The van der Waals surface area contributed by atoms with E-state index >= 15 is 0 Å². The van der Waals surface area contributed by atoms with Gasteiger partial charge < -0.3 is 0 Å². The van der Waals surface area contributed by atoms with Crippen molar-refractivity contribution in [3.63, 3.8) is 0 Å². The second-order valence-electron chi connectivity index (χ2n) is 7.61. The molecule has 0 saturated carbocycles. The molecule has 1 unspecified atom stereocenters. The van der Waals surface area contributed by atoms with Crippen molar-refractivity contribution in [1.82, 2.24) is 20.0 Å². The van der Waals surface area contributed by atoms with Gasteiger partial charge in [-0.05, 0) is 47.5 Å². The summed E-state index contributed by atoms with van der Waals surface area (Å²) in [5.41, 5.74) is 6.80. The summed E-state index contributed by atoms with van der Waals surface area (Å²) < 4.78 is 15.5. The molecule has 3 heterocycles. The molecular weight excluding hydrogens is 391 g/mol. The molecule has 5 aromatic rings. The quantitative estimate of drug-likeness (QED) is 0.408. The van der Waals surface area contributed by atoms with Crippen LogP contribution < -0.4 is 0 Å². The fourth-order valence-electron chi connectivity index (χ4n) is 4.09. The highest BCUT2D eigenvalue weighted by molar-refractivity contribution is 5.79. The van der Waals surface area contributed by atoms with Crippen molar-refractivity contribution in [1.29, 1.82) is 0 Å². The fourth-order valence-corrected chi connectivity index (χ4v) is 4.09. The summed E-state index contributed by atoms with van der Waals surface area (Å²) in [6.07, 6.45) is 3.57. The highest BCUT2D eigenvalue weighted by atomic mass is 19.1. The molecule has 6 nitrogen and oxygen atoms in total. The molecule has 0 bridgehead atoms. The van der Waals surface area contributed by atoms with Gasteiger partial charge in [0.15, 0.2) is 0 Å². The lowest BCUT2D eigenvalue weighted by atomic mass is 9.96. The number of aromatic nitrogens is 4. The third-order valence-electron chi connectivity index (χ3n) is 5.62. The van der Waals surface area contributed by atoms with Crippen molar-refractivity contribution < 1.29 is 4.39 Å². The van der Waals surface area contributed by atoms with Gasteiger partial charge in [-0.15, -0.1) is 0 Å². The zero-order chi connectivity index (χ0) is 20.8. The first-order chi connectivity index (χ1) is 15.2. The van der Waals surface area contributed by atoms with Crippen LogP contribution in [0.5, 0.6) is 0 Å². The fraction of sp³-hybridized carbons (Fsp3) is 0.0833. The van der Waals surface area contributed by atoms with E-state index < -0.39 is 0 Å². The predicted octanol–water partition coefficient (Wildman–Crippen LogP) is 5.80. The number of hydrogen-bond donors (Lipinski definition) is 1. The number of rotatable bonds is 4. The predicted molar refractivity (Wildman–Crippen MR) is 116 cm³/mol. The molecule has 1 aliphatic rings. The van der Waals surface area contributed by atoms with Gasteiger partial charge in [0.1, 0.15) is 11.9 Å². The maximum absolute atomic E-state index is 13.6. The normalized spacial score (nSPS) is 14.9. The molecule has 150 valence electrons. The standard InChI is InChI=1S/C24H17FN6/c25-19-3-1-2-15(10-19)14-31-23(8-9-27-31)16-6-7-21-20(11-16)24(30-29-21)17-4-5-18-13-26-28-22(18)12-17/h1-13,24H,14H2,(H,26,28). The van der Waals surface area contributed by atoms with Crippen LogP contribution in [0.15, 0.2) is 89.4 Å². The van der Waals surface area contributed by atoms with Gasteiger partial charge in [0.2, 0.25) is 0 Å². The smallest absolute Gasteiger partial charge is 0.123 e. The average molecular weight is 408 g/mol. The monoisotopic (exact) mass is 408 g/mol. The van der Waals surface area contributed by atoms with Crippen molar-refractivity contribution in [3.8, 4) is 11.3 Å². The molecule has 7 heteroatoms. The second kappa shape index (κ2) is 6.98. The maximum Gasteiger partial charge on any atom is 0.123 e. The van der Waals surface area contributed by atoms with Gasteiger partial charge in [-0.2, -0.15) is 20.4 Å². The third kappa shape index (κ3) is 3.11. The van der Waals surface area contributed by atoms with Crippen LogP contribution in [-0.2, 0) is 6.54 Å². The largest absolute Gasteiger partial charge is 0.278 e. The Balaban J connectivity index is 1.36. The molecule has 3 aromatic carbocycles. The number of nitrogens with one attached hydrogen (secondary N) is 1. The average Bonchev–Trinajstić information content (AvgIpc) is 3.52. The third-order valence-corrected chi connectivity index (χ3v) is 5.62. The molecule has 0 amide bonds. The molecule has 0 fully saturated rings. The Morgan fingerprint density at radius 2 is 1.97 bits per heavy atom. The van der Waals surface area contributed by atoms with E-state index in [9.17, 15) is 4.39 Å². The summed E-state index contributed by atoms with van der Waals surface area (Å²) in [4.78, 5) is 0.